The number of nitrogens with zero attached hydrogens (tertiary/aromatic N) is 2. The zero-order valence-electron chi connectivity index (χ0n) is 11.8. The minimum atomic E-state index is -0.969. The molecule has 2 atom stereocenters. The number of rotatable bonds is 5. The molecular formula is C15H16N2O4S. The zero-order chi connectivity index (χ0) is 15.5. The third-order valence-electron chi connectivity index (χ3n) is 3.56. The molecule has 2 N–H and O–H groups in total. The van der Waals surface area contributed by atoms with Crippen molar-refractivity contribution in [3.63, 3.8) is 0 Å². The Kier molecular flexibility index (Phi) is 4.37. The van der Waals surface area contributed by atoms with Gasteiger partial charge in [-0.1, -0.05) is 0 Å². The molecule has 0 amide bonds. The van der Waals surface area contributed by atoms with E-state index in [2.05, 4.69) is 9.88 Å². The number of carbonyl (C=O) groups is 1. The molecular weight excluding hydrogens is 304 g/mol. The van der Waals surface area contributed by atoms with Crippen LogP contribution in [0.1, 0.15) is 15.2 Å². The van der Waals surface area contributed by atoms with Crippen molar-refractivity contribution in [2.45, 2.75) is 18.8 Å². The Labute approximate surface area is 131 Å². The van der Waals surface area contributed by atoms with Gasteiger partial charge in [0.25, 0.3) is 0 Å². The molecule has 0 radical (unpaired) electrons. The summed E-state index contributed by atoms with van der Waals surface area (Å²) < 4.78 is 5.77. The Bertz CT molecular complexity index is 630. The number of aliphatic hydroxyl groups excluding tert-OH is 1. The molecule has 6 nitrogen and oxygen atoms in total. The van der Waals surface area contributed by atoms with Crippen LogP contribution in [-0.2, 0) is 6.54 Å². The number of aliphatic hydroxyl groups is 1. The molecule has 1 aliphatic heterocycles. The summed E-state index contributed by atoms with van der Waals surface area (Å²) in [5.41, 5.74) is 2.01. The number of ether oxygens (including phenoxy) is 1. The molecule has 2 aromatic rings. The molecule has 1 saturated heterocycles. The summed E-state index contributed by atoms with van der Waals surface area (Å²) in [6.45, 7) is 1.93. The minimum Gasteiger partial charge on any atom is -0.486 e. The van der Waals surface area contributed by atoms with Gasteiger partial charge in [-0.3, -0.25) is 9.88 Å². The monoisotopic (exact) mass is 320 g/mol. The van der Waals surface area contributed by atoms with Crippen LogP contribution >= 0.6 is 11.3 Å². The maximum absolute atomic E-state index is 10.8. The number of β-amino-alcohol motifs (C(OH)–C–C–N with tert-alkyl or cyclic N) is 1. The second-order valence-corrected chi connectivity index (χ2v) is 6.19. The van der Waals surface area contributed by atoms with Gasteiger partial charge < -0.3 is 14.9 Å². The fourth-order valence-corrected chi connectivity index (χ4v) is 3.11. The van der Waals surface area contributed by atoms with Gasteiger partial charge in [0.15, 0.2) is 0 Å². The molecule has 0 unspecified atom stereocenters. The minimum absolute atomic E-state index is 0.214. The van der Waals surface area contributed by atoms with Crippen LogP contribution in [0.4, 0.5) is 0 Å². The maximum Gasteiger partial charge on any atom is 0.335 e. The first-order valence-electron chi connectivity index (χ1n) is 6.89. The average Bonchev–Trinajstić information content (AvgIpc) is 3.11. The first-order valence-corrected chi connectivity index (χ1v) is 7.77. The summed E-state index contributed by atoms with van der Waals surface area (Å²) >= 11 is 1.59. The van der Waals surface area contributed by atoms with Gasteiger partial charge in [-0.15, -0.1) is 11.3 Å². The third kappa shape index (κ3) is 3.44. The van der Waals surface area contributed by atoms with E-state index in [4.69, 9.17) is 9.84 Å². The molecule has 0 aliphatic carbocycles. The fraction of sp³-hybridized carbons (Fsp3) is 0.333. The molecule has 116 valence electrons. The molecule has 2 heterocycles. The Morgan fingerprint density at radius 3 is 2.77 bits per heavy atom. The molecule has 0 saturated carbocycles. The second-order valence-electron chi connectivity index (χ2n) is 5.22. The summed E-state index contributed by atoms with van der Waals surface area (Å²) in [6, 6.07) is 6.21. The number of carboxylic acid groups (broad SMARTS) is 1. The van der Waals surface area contributed by atoms with Gasteiger partial charge in [0, 0.05) is 30.7 Å². The smallest absolute Gasteiger partial charge is 0.335 e. The van der Waals surface area contributed by atoms with E-state index in [1.54, 1.807) is 29.0 Å². The van der Waals surface area contributed by atoms with Gasteiger partial charge in [-0.2, -0.15) is 0 Å². The number of likely N-dealkylation sites (tertiary alicyclic amines) is 1. The molecule has 1 fully saturated rings. The number of thiazole rings is 1. The van der Waals surface area contributed by atoms with Crippen LogP contribution in [-0.4, -0.2) is 51.4 Å². The van der Waals surface area contributed by atoms with E-state index in [1.807, 2.05) is 6.20 Å². The average molecular weight is 320 g/mol. The standard InChI is InChI=1S/C15H16N2O4S/c18-13-7-17(6-12-5-16-9-22-12)8-14(13)21-11-3-1-10(2-4-11)15(19)20/h1-5,9,13-14,18H,6-8H2,(H,19,20)/t13-,14-/m1/s1. The first-order chi connectivity index (χ1) is 10.6. The molecule has 22 heavy (non-hydrogen) atoms. The fourth-order valence-electron chi connectivity index (χ4n) is 2.47. The normalized spacial score (nSPS) is 21.9. The summed E-state index contributed by atoms with van der Waals surface area (Å²) in [5, 5.41) is 19.0. The lowest BCUT2D eigenvalue weighted by Gasteiger charge is -2.17. The molecule has 7 heteroatoms. The summed E-state index contributed by atoms with van der Waals surface area (Å²) in [7, 11) is 0. The lowest BCUT2D eigenvalue weighted by molar-refractivity contribution is 0.0693. The van der Waals surface area contributed by atoms with Crippen molar-refractivity contribution >= 4 is 17.3 Å². The number of carboxylic acids is 1. The van der Waals surface area contributed by atoms with Crippen LogP contribution in [0.25, 0.3) is 0 Å². The Morgan fingerprint density at radius 2 is 2.14 bits per heavy atom. The largest absolute Gasteiger partial charge is 0.486 e. The predicted molar refractivity (Wildman–Crippen MR) is 81.2 cm³/mol. The van der Waals surface area contributed by atoms with E-state index in [1.165, 1.54) is 12.1 Å². The summed E-state index contributed by atoms with van der Waals surface area (Å²) in [4.78, 5) is 18.1. The summed E-state index contributed by atoms with van der Waals surface area (Å²) in [6.07, 6.45) is 0.950. The van der Waals surface area contributed by atoms with Crippen molar-refractivity contribution in [1.29, 1.82) is 0 Å². The van der Waals surface area contributed by atoms with Gasteiger partial charge in [0.2, 0.25) is 0 Å². The number of aromatic nitrogens is 1. The first kappa shape index (κ1) is 15.0. The van der Waals surface area contributed by atoms with Gasteiger partial charge in [0.05, 0.1) is 11.1 Å². The topological polar surface area (TPSA) is 82.9 Å². The van der Waals surface area contributed by atoms with Gasteiger partial charge in [-0.25, -0.2) is 4.79 Å². The van der Waals surface area contributed by atoms with Crippen LogP contribution in [0.15, 0.2) is 36.0 Å². The maximum atomic E-state index is 10.8. The molecule has 0 bridgehead atoms. The highest BCUT2D eigenvalue weighted by atomic mass is 32.1. The van der Waals surface area contributed by atoms with Crippen molar-refractivity contribution in [3.8, 4) is 5.75 Å². The van der Waals surface area contributed by atoms with E-state index in [-0.39, 0.29) is 11.7 Å². The Morgan fingerprint density at radius 1 is 1.36 bits per heavy atom. The molecule has 1 aliphatic rings. The summed E-state index contributed by atoms with van der Waals surface area (Å²) in [5.74, 6) is -0.406. The van der Waals surface area contributed by atoms with Crippen molar-refractivity contribution in [1.82, 2.24) is 9.88 Å². The van der Waals surface area contributed by atoms with Crippen LogP contribution < -0.4 is 4.74 Å². The van der Waals surface area contributed by atoms with Crippen molar-refractivity contribution in [2.75, 3.05) is 13.1 Å². The van der Waals surface area contributed by atoms with E-state index in [9.17, 15) is 9.90 Å². The quantitative estimate of drug-likeness (QED) is 0.868. The van der Waals surface area contributed by atoms with Crippen LogP contribution in [0.2, 0.25) is 0 Å². The number of aromatic carboxylic acids is 1. The lowest BCUT2D eigenvalue weighted by atomic mass is 10.2. The van der Waals surface area contributed by atoms with Crippen LogP contribution in [0.5, 0.6) is 5.75 Å². The Balaban J connectivity index is 1.59. The zero-order valence-corrected chi connectivity index (χ0v) is 12.6. The third-order valence-corrected chi connectivity index (χ3v) is 4.33. The van der Waals surface area contributed by atoms with E-state index in [0.717, 1.165) is 11.4 Å². The molecule has 1 aromatic heterocycles. The molecule has 1 aromatic carbocycles. The van der Waals surface area contributed by atoms with Gasteiger partial charge in [-0.05, 0) is 24.3 Å². The number of hydrogen-bond donors (Lipinski definition) is 2. The van der Waals surface area contributed by atoms with Crippen molar-refractivity contribution in [3.05, 3.63) is 46.4 Å². The van der Waals surface area contributed by atoms with Crippen molar-refractivity contribution < 1.29 is 19.7 Å². The number of benzene rings is 1. The van der Waals surface area contributed by atoms with E-state index in [0.29, 0.717) is 18.8 Å². The van der Waals surface area contributed by atoms with Crippen LogP contribution in [0, 0.1) is 0 Å². The highest BCUT2D eigenvalue weighted by Gasteiger charge is 2.33. The van der Waals surface area contributed by atoms with E-state index < -0.39 is 12.1 Å². The molecule has 3 rings (SSSR count). The van der Waals surface area contributed by atoms with E-state index >= 15 is 0 Å². The van der Waals surface area contributed by atoms with Crippen LogP contribution in [0.3, 0.4) is 0 Å². The highest BCUT2D eigenvalue weighted by Crippen LogP contribution is 2.21. The predicted octanol–water partition coefficient (Wildman–Crippen LogP) is 1.47. The SMILES string of the molecule is O=C(O)c1ccc(O[C@@H]2CN(Cc3cncs3)C[C@H]2O)cc1. The van der Waals surface area contributed by atoms with Gasteiger partial charge >= 0.3 is 5.97 Å². The lowest BCUT2D eigenvalue weighted by Crippen LogP contribution is -2.29. The molecule has 0 spiro atoms. The Hall–Kier alpha value is -1.96. The second kappa shape index (κ2) is 6.43. The highest BCUT2D eigenvalue weighted by molar-refractivity contribution is 7.09. The van der Waals surface area contributed by atoms with Crippen molar-refractivity contribution in [2.24, 2.45) is 0 Å². The number of hydrogen-bond acceptors (Lipinski definition) is 6. The van der Waals surface area contributed by atoms with Gasteiger partial charge in [0.1, 0.15) is 18.0 Å².